The molecule has 0 atom stereocenters. The van der Waals surface area contributed by atoms with Gasteiger partial charge in [0.1, 0.15) is 0 Å². The van der Waals surface area contributed by atoms with Crippen molar-refractivity contribution < 1.29 is 9.59 Å². The molecule has 0 aromatic carbocycles. The lowest BCUT2D eigenvalue weighted by Gasteiger charge is -1.93. The van der Waals surface area contributed by atoms with Crippen LogP contribution in [0, 0.1) is 0 Å². The summed E-state index contributed by atoms with van der Waals surface area (Å²) in [4.78, 5) is 23.2. The minimum absolute atomic E-state index is 0.380. The lowest BCUT2D eigenvalue weighted by Crippen LogP contribution is -2.06. The number of hydrogen-bond acceptors (Lipinski definition) is 3. The molecule has 0 saturated carbocycles. The van der Waals surface area contributed by atoms with E-state index in [9.17, 15) is 9.59 Å². The van der Waals surface area contributed by atoms with Crippen molar-refractivity contribution >= 4 is 24.1 Å². The summed E-state index contributed by atoms with van der Waals surface area (Å²) in [5.74, 6) is 0.398. The highest BCUT2D eigenvalue weighted by Crippen LogP contribution is 1.70. The Balaban J connectivity index is 0. The van der Waals surface area contributed by atoms with Crippen LogP contribution in [0.15, 0.2) is 4.99 Å². The third-order valence-corrected chi connectivity index (χ3v) is 0.641. The highest BCUT2D eigenvalue weighted by atomic mass is 35.5. The summed E-state index contributed by atoms with van der Waals surface area (Å²) in [6, 6.07) is 0. The highest BCUT2D eigenvalue weighted by Gasteiger charge is 1.68. The van der Waals surface area contributed by atoms with E-state index in [-0.39, 0.29) is 0 Å². The Labute approximate surface area is 70.9 Å². The first-order valence-corrected chi connectivity index (χ1v) is 3.43. The van der Waals surface area contributed by atoms with Crippen molar-refractivity contribution in [3.8, 4) is 0 Å². The highest BCUT2D eigenvalue weighted by molar-refractivity contribution is 6.18. The fourth-order valence-electron chi connectivity index (χ4n) is 0.0879. The fraction of sp³-hybridized carbons (Fsp3) is 0.667. The van der Waals surface area contributed by atoms with Crippen LogP contribution < -0.4 is 0 Å². The molecule has 5 heteroatoms. The first kappa shape index (κ1) is 12.8. The molecule has 0 aliphatic carbocycles. The largest absolute Gasteiger partial charge is 0.351 e. The van der Waals surface area contributed by atoms with Gasteiger partial charge in [-0.25, -0.2) is 9.79 Å². The topological polar surface area (TPSA) is 49.7 Å². The second-order valence-electron chi connectivity index (χ2n) is 1.73. The normalized spacial score (nSPS) is 6.82. The Morgan fingerprint density at radius 3 is 2.18 bits per heavy atom. The quantitative estimate of drug-likeness (QED) is 0.270. The van der Waals surface area contributed by atoms with E-state index in [2.05, 4.69) is 4.99 Å². The van der Waals surface area contributed by atoms with Gasteiger partial charge in [0, 0.05) is 20.0 Å². The van der Waals surface area contributed by atoms with Gasteiger partial charge in [-0.1, -0.05) is 0 Å². The van der Waals surface area contributed by atoms with Gasteiger partial charge in [0.25, 0.3) is 0 Å². The third kappa shape index (κ3) is 27.2. The fourth-order valence-corrected chi connectivity index (χ4v) is 0.172. The van der Waals surface area contributed by atoms with Gasteiger partial charge < -0.3 is 4.90 Å². The maximum Gasteiger partial charge on any atom is 0.234 e. The number of halogens is 1. The van der Waals surface area contributed by atoms with E-state index in [1.54, 1.807) is 14.1 Å². The molecule has 0 aliphatic heterocycles. The molecule has 11 heavy (non-hydrogen) atoms. The van der Waals surface area contributed by atoms with Crippen LogP contribution >= 0.6 is 11.6 Å². The van der Waals surface area contributed by atoms with Gasteiger partial charge in [-0.3, -0.25) is 4.79 Å². The number of hydrogen-bond donors (Lipinski definition) is 0. The molecule has 0 heterocycles. The van der Waals surface area contributed by atoms with Crippen molar-refractivity contribution in [3.63, 3.8) is 0 Å². The smallest absolute Gasteiger partial charge is 0.234 e. The number of isocyanates is 1. The summed E-state index contributed by atoms with van der Waals surface area (Å²) in [5.41, 5.74) is 0. The summed E-state index contributed by atoms with van der Waals surface area (Å²) < 4.78 is 0. The van der Waals surface area contributed by atoms with Crippen molar-refractivity contribution in [3.05, 3.63) is 0 Å². The van der Waals surface area contributed by atoms with Crippen LogP contribution in [0.3, 0.4) is 0 Å². The molecule has 0 fully saturated rings. The number of aliphatic imine (C=N–C) groups is 1. The molecule has 4 nitrogen and oxygen atoms in total. The van der Waals surface area contributed by atoms with Gasteiger partial charge in [0.2, 0.25) is 12.5 Å². The third-order valence-electron chi connectivity index (χ3n) is 0.472. The molecule has 0 aliphatic rings. The standard InChI is InChI=1S/C3H4ClNO.C3H7NO/c4-1-2-5-3-6;1-4(2)3-5/h1-2H2;3H,1-2H3. The van der Waals surface area contributed by atoms with Crippen molar-refractivity contribution in [1.29, 1.82) is 0 Å². The van der Waals surface area contributed by atoms with E-state index >= 15 is 0 Å². The number of carbonyl (C=O) groups is 1. The maximum atomic E-state index is 9.43. The van der Waals surface area contributed by atoms with E-state index in [1.165, 1.54) is 11.0 Å². The van der Waals surface area contributed by atoms with Crippen LogP contribution in [0.4, 0.5) is 0 Å². The average Bonchev–Trinajstić information content (AvgIpc) is 2.02. The second-order valence-corrected chi connectivity index (χ2v) is 2.11. The zero-order valence-electron chi connectivity index (χ0n) is 6.58. The number of nitrogens with zero attached hydrogens (tertiary/aromatic N) is 2. The minimum atomic E-state index is 0.380. The molecule has 64 valence electrons. The van der Waals surface area contributed by atoms with Crippen molar-refractivity contribution in [2.45, 2.75) is 0 Å². The van der Waals surface area contributed by atoms with Gasteiger partial charge in [-0.05, 0) is 0 Å². The summed E-state index contributed by atoms with van der Waals surface area (Å²) in [6.07, 6.45) is 2.11. The molecule has 0 radical (unpaired) electrons. The molecule has 0 saturated heterocycles. The number of alkyl halides is 1. The Bertz CT molecular complexity index is 133. The van der Waals surface area contributed by atoms with Crippen LogP contribution in [-0.4, -0.2) is 43.9 Å². The monoisotopic (exact) mass is 178 g/mol. The predicted octanol–water partition coefficient (Wildman–Crippen LogP) is 0.265. The second kappa shape index (κ2) is 11.9. The molecule has 0 unspecified atom stereocenters. The molecule has 0 spiro atoms. The maximum absolute atomic E-state index is 9.43. The Morgan fingerprint density at radius 1 is 1.64 bits per heavy atom. The van der Waals surface area contributed by atoms with E-state index in [1.807, 2.05) is 0 Å². The van der Waals surface area contributed by atoms with Gasteiger partial charge in [0.15, 0.2) is 0 Å². The number of carbonyl (C=O) groups excluding carboxylic acids is 2. The van der Waals surface area contributed by atoms with Crippen LogP contribution in [0.2, 0.25) is 0 Å². The van der Waals surface area contributed by atoms with Gasteiger partial charge in [0.05, 0.1) is 6.54 Å². The minimum Gasteiger partial charge on any atom is -0.351 e. The molecule has 0 N–H and O–H groups in total. The van der Waals surface area contributed by atoms with Crippen molar-refractivity contribution in [2.75, 3.05) is 26.5 Å². The molecule has 0 aromatic rings. The SMILES string of the molecule is CN(C)C=O.O=C=NCCCl. The zero-order valence-corrected chi connectivity index (χ0v) is 7.34. The van der Waals surface area contributed by atoms with Gasteiger partial charge in [-0.15, -0.1) is 11.6 Å². The van der Waals surface area contributed by atoms with E-state index in [0.29, 0.717) is 12.4 Å². The van der Waals surface area contributed by atoms with E-state index in [0.717, 1.165) is 6.41 Å². The van der Waals surface area contributed by atoms with Crippen molar-refractivity contribution in [1.82, 2.24) is 4.90 Å². The zero-order chi connectivity index (χ0) is 9.11. The summed E-state index contributed by atoms with van der Waals surface area (Å²) in [7, 11) is 3.38. The first-order chi connectivity index (χ1) is 5.18. The molecule has 1 amide bonds. The average molecular weight is 179 g/mol. The number of rotatable bonds is 3. The van der Waals surface area contributed by atoms with Crippen LogP contribution in [0.5, 0.6) is 0 Å². The van der Waals surface area contributed by atoms with Gasteiger partial charge >= 0.3 is 0 Å². The van der Waals surface area contributed by atoms with Crippen LogP contribution in [0.25, 0.3) is 0 Å². The van der Waals surface area contributed by atoms with Gasteiger partial charge in [-0.2, -0.15) is 0 Å². The van der Waals surface area contributed by atoms with E-state index < -0.39 is 0 Å². The molecule has 0 bridgehead atoms. The Morgan fingerprint density at radius 2 is 2.09 bits per heavy atom. The van der Waals surface area contributed by atoms with Crippen LogP contribution in [-0.2, 0) is 9.59 Å². The van der Waals surface area contributed by atoms with Crippen molar-refractivity contribution in [2.24, 2.45) is 4.99 Å². The number of amides is 1. The summed E-state index contributed by atoms with van der Waals surface area (Å²) >= 11 is 5.11. The summed E-state index contributed by atoms with van der Waals surface area (Å²) in [6.45, 7) is 0.380. The summed E-state index contributed by atoms with van der Waals surface area (Å²) in [5, 5.41) is 0. The van der Waals surface area contributed by atoms with Crippen LogP contribution in [0.1, 0.15) is 0 Å². The lowest BCUT2D eigenvalue weighted by molar-refractivity contribution is -0.115. The molecular weight excluding hydrogens is 168 g/mol. The lowest BCUT2D eigenvalue weighted by atomic mass is 10.8. The molecular formula is C6H11ClN2O2. The molecule has 0 aromatic heterocycles. The Hall–Kier alpha value is -0.860. The Kier molecular flexibility index (Phi) is 13.8. The predicted molar refractivity (Wildman–Crippen MR) is 43.5 cm³/mol. The molecule has 0 rings (SSSR count). The first-order valence-electron chi connectivity index (χ1n) is 2.90. The van der Waals surface area contributed by atoms with E-state index in [4.69, 9.17) is 11.6 Å².